The molecule has 1 heterocycles. The average molecular weight is 313 g/mol. The molecule has 0 aliphatic rings. The smallest absolute Gasteiger partial charge is 0.337 e. The monoisotopic (exact) mass is 313 g/mol. The van der Waals surface area contributed by atoms with Crippen molar-refractivity contribution >= 4 is 15.8 Å². The second kappa shape index (κ2) is 5.57. The maximum atomic E-state index is 13.5. The second-order valence-corrected chi connectivity index (χ2v) is 6.14. The van der Waals surface area contributed by atoms with Gasteiger partial charge in [-0.25, -0.2) is 22.0 Å². The number of halogens is 2. The van der Waals surface area contributed by atoms with Crippen LogP contribution in [0.1, 0.15) is 16.1 Å². The molecule has 5 nitrogen and oxygen atoms in total. The van der Waals surface area contributed by atoms with Crippen LogP contribution in [0.2, 0.25) is 0 Å². The Morgan fingerprint density at radius 3 is 2.48 bits per heavy atom. The summed E-state index contributed by atoms with van der Waals surface area (Å²) in [5.41, 5.74) is -0.0725. The molecule has 1 N–H and O–H groups in total. The molecular weight excluding hydrogens is 304 g/mol. The van der Waals surface area contributed by atoms with Crippen LogP contribution in [-0.4, -0.2) is 24.5 Å². The topological polar surface area (TPSA) is 84.3 Å². The van der Waals surface area contributed by atoms with Crippen molar-refractivity contribution in [2.45, 2.75) is 10.6 Å². The van der Waals surface area contributed by atoms with Crippen LogP contribution < -0.4 is 0 Å². The number of carboxylic acids is 1. The van der Waals surface area contributed by atoms with E-state index >= 15 is 0 Å². The van der Waals surface area contributed by atoms with Gasteiger partial charge in [-0.3, -0.25) is 4.98 Å². The maximum Gasteiger partial charge on any atom is 0.337 e. The lowest BCUT2D eigenvalue weighted by Gasteiger charge is -2.06. The van der Waals surface area contributed by atoms with Gasteiger partial charge in [0.25, 0.3) is 0 Å². The Bertz CT molecular complexity index is 788. The van der Waals surface area contributed by atoms with Crippen LogP contribution in [0.15, 0.2) is 41.4 Å². The molecule has 0 radical (unpaired) electrons. The molecular formula is C13H9F2NO4S. The molecule has 0 amide bonds. The van der Waals surface area contributed by atoms with Crippen LogP contribution >= 0.6 is 0 Å². The van der Waals surface area contributed by atoms with Crippen LogP contribution in [0.25, 0.3) is 0 Å². The summed E-state index contributed by atoms with van der Waals surface area (Å²) in [5.74, 6) is -3.79. The van der Waals surface area contributed by atoms with Gasteiger partial charge in [-0.05, 0) is 30.3 Å². The number of rotatable bonds is 4. The zero-order valence-electron chi connectivity index (χ0n) is 10.5. The van der Waals surface area contributed by atoms with Gasteiger partial charge in [0.1, 0.15) is 16.5 Å². The maximum absolute atomic E-state index is 13.5. The highest BCUT2D eigenvalue weighted by atomic mass is 32.2. The zero-order chi connectivity index (χ0) is 15.6. The zero-order valence-corrected chi connectivity index (χ0v) is 11.3. The highest BCUT2D eigenvalue weighted by molar-refractivity contribution is 7.90. The predicted molar refractivity (Wildman–Crippen MR) is 68.4 cm³/mol. The lowest BCUT2D eigenvalue weighted by molar-refractivity contribution is 0.0696. The molecule has 110 valence electrons. The molecule has 2 rings (SSSR count). The summed E-state index contributed by atoms with van der Waals surface area (Å²) in [6.07, 6.45) is 0.995. The lowest BCUT2D eigenvalue weighted by Crippen LogP contribution is -2.09. The number of hydrogen-bond acceptors (Lipinski definition) is 4. The van der Waals surface area contributed by atoms with E-state index in [1.807, 2.05) is 0 Å². The minimum absolute atomic E-state index is 0.0312. The lowest BCUT2D eigenvalue weighted by atomic mass is 10.2. The molecule has 0 aliphatic carbocycles. The van der Waals surface area contributed by atoms with Crippen LogP contribution in [0.5, 0.6) is 0 Å². The number of aromatic carboxylic acids is 1. The number of sulfone groups is 1. The summed E-state index contributed by atoms with van der Waals surface area (Å²) in [4.78, 5) is 13.6. The highest BCUT2D eigenvalue weighted by Gasteiger charge is 2.21. The highest BCUT2D eigenvalue weighted by Crippen LogP contribution is 2.20. The number of carboxylic acid groups (broad SMARTS) is 1. The third-order valence-electron chi connectivity index (χ3n) is 2.64. The van der Waals surface area contributed by atoms with Crippen molar-refractivity contribution in [3.05, 3.63) is 59.4 Å². The van der Waals surface area contributed by atoms with Crippen molar-refractivity contribution in [3.8, 4) is 0 Å². The molecule has 0 fully saturated rings. The van der Waals surface area contributed by atoms with Crippen molar-refractivity contribution < 1.29 is 27.1 Å². The van der Waals surface area contributed by atoms with Crippen LogP contribution in [0.3, 0.4) is 0 Å². The van der Waals surface area contributed by atoms with Gasteiger partial charge < -0.3 is 5.11 Å². The second-order valence-electron chi connectivity index (χ2n) is 4.18. The van der Waals surface area contributed by atoms with Crippen molar-refractivity contribution in [2.24, 2.45) is 0 Å². The summed E-state index contributed by atoms with van der Waals surface area (Å²) < 4.78 is 50.6. The first-order valence-electron chi connectivity index (χ1n) is 5.65. The first kappa shape index (κ1) is 15.0. The van der Waals surface area contributed by atoms with Gasteiger partial charge in [0.15, 0.2) is 9.84 Å². The normalized spacial score (nSPS) is 11.3. The third-order valence-corrected chi connectivity index (χ3v) is 4.30. The van der Waals surface area contributed by atoms with E-state index < -0.39 is 38.1 Å². The minimum Gasteiger partial charge on any atom is -0.478 e. The Morgan fingerprint density at radius 1 is 1.19 bits per heavy atom. The fraction of sp³-hybridized carbons (Fsp3) is 0.0769. The van der Waals surface area contributed by atoms with Crippen LogP contribution in [0.4, 0.5) is 8.78 Å². The number of benzene rings is 1. The van der Waals surface area contributed by atoms with E-state index in [4.69, 9.17) is 5.11 Å². The Kier molecular flexibility index (Phi) is 3.99. The molecule has 0 saturated carbocycles. The fourth-order valence-electron chi connectivity index (χ4n) is 1.62. The molecule has 2 aromatic rings. The first-order valence-corrected chi connectivity index (χ1v) is 7.31. The quantitative estimate of drug-likeness (QED) is 0.933. The summed E-state index contributed by atoms with van der Waals surface area (Å²) in [6, 6.07) is 4.52. The molecule has 1 aromatic heterocycles. The molecule has 0 bridgehead atoms. The number of aromatic nitrogens is 1. The number of hydrogen-bond donors (Lipinski definition) is 1. The van der Waals surface area contributed by atoms with E-state index in [9.17, 15) is 22.0 Å². The van der Waals surface area contributed by atoms with E-state index in [-0.39, 0.29) is 11.3 Å². The number of pyridine rings is 1. The summed E-state index contributed by atoms with van der Waals surface area (Å²) >= 11 is 0. The minimum atomic E-state index is -4.12. The van der Waals surface area contributed by atoms with Gasteiger partial charge in [-0.15, -0.1) is 0 Å². The molecule has 21 heavy (non-hydrogen) atoms. The molecule has 0 unspecified atom stereocenters. The summed E-state index contributed by atoms with van der Waals surface area (Å²) in [7, 11) is -4.12. The van der Waals surface area contributed by atoms with Crippen LogP contribution in [-0.2, 0) is 15.6 Å². The van der Waals surface area contributed by atoms with E-state index in [0.717, 1.165) is 18.3 Å². The SMILES string of the molecule is O=C(O)c1ccc(CS(=O)(=O)c2cc(F)ccc2F)nc1. The van der Waals surface area contributed by atoms with Crippen molar-refractivity contribution in [3.63, 3.8) is 0 Å². The number of nitrogens with zero attached hydrogens (tertiary/aromatic N) is 1. The van der Waals surface area contributed by atoms with E-state index in [1.54, 1.807) is 0 Å². The van der Waals surface area contributed by atoms with Gasteiger partial charge in [0, 0.05) is 6.20 Å². The molecule has 0 atom stereocenters. The molecule has 1 aromatic carbocycles. The van der Waals surface area contributed by atoms with Crippen molar-refractivity contribution in [1.82, 2.24) is 4.98 Å². The van der Waals surface area contributed by atoms with Crippen LogP contribution in [0, 0.1) is 11.6 Å². The Hall–Kier alpha value is -2.35. The first-order chi connectivity index (χ1) is 9.79. The summed E-state index contributed by atoms with van der Waals surface area (Å²) in [6.45, 7) is 0. The van der Waals surface area contributed by atoms with Gasteiger partial charge in [0.05, 0.1) is 17.0 Å². The summed E-state index contributed by atoms with van der Waals surface area (Å²) in [5, 5.41) is 8.70. The molecule has 0 saturated heterocycles. The fourth-order valence-corrected chi connectivity index (χ4v) is 3.00. The Balaban J connectivity index is 2.33. The van der Waals surface area contributed by atoms with Gasteiger partial charge in [-0.1, -0.05) is 0 Å². The van der Waals surface area contributed by atoms with Crippen molar-refractivity contribution in [1.29, 1.82) is 0 Å². The van der Waals surface area contributed by atoms with E-state index in [1.165, 1.54) is 12.1 Å². The van der Waals surface area contributed by atoms with Gasteiger partial charge in [-0.2, -0.15) is 0 Å². The van der Waals surface area contributed by atoms with E-state index in [0.29, 0.717) is 6.07 Å². The van der Waals surface area contributed by atoms with E-state index in [2.05, 4.69) is 4.98 Å². The molecule has 0 aliphatic heterocycles. The standard InChI is InChI=1S/C13H9F2NO4S/c14-9-2-4-11(15)12(5-9)21(19,20)7-10-3-1-8(6-16-10)13(17)18/h1-6H,7H2,(H,17,18). The molecule has 0 spiro atoms. The molecule has 8 heteroatoms. The van der Waals surface area contributed by atoms with Gasteiger partial charge in [0.2, 0.25) is 0 Å². The largest absolute Gasteiger partial charge is 0.478 e. The van der Waals surface area contributed by atoms with Gasteiger partial charge >= 0.3 is 5.97 Å². The Labute approximate surface area is 118 Å². The van der Waals surface area contributed by atoms with Crippen molar-refractivity contribution in [2.75, 3.05) is 0 Å². The third kappa shape index (κ3) is 3.40. The average Bonchev–Trinajstić information content (AvgIpc) is 2.41. The predicted octanol–water partition coefficient (Wildman–Crippen LogP) is 2.03. The number of carbonyl (C=O) groups is 1. The Morgan fingerprint density at radius 2 is 1.90 bits per heavy atom.